The Balaban J connectivity index is 2.02. The van der Waals surface area contributed by atoms with E-state index in [4.69, 9.17) is 4.98 Å². The summed E-state index contributed by atoms with van der Waals surface area (Å²) >= 11 is 3.89. The van der Waals surface area contributed by atoms with Gasteiger partial charge in [-0.1, -0.05) is 6.92 Å². The summed E-state index contributed by atoms with van der Waals surface area (Å²) in [5, 5.41) is 7.62. The molecule has 4 heteroatoms. The van der Waals surface area contributed by atoms with Crippen LogP contribution in [0.15, 0.2) is 5.38 Å². The quantitative estimate of drug-likeness (QED) is 0.876. The average molecular weight is 242 g/mol. The van der Waals surface area contributed by atoms with Crippen molar-refractivity contribution in [3.63, 3.8) is 0 Å². The first-order valence-electron chi connectivity index (χ1n) is 5.61. The van der Waals surface area contributed by atoms with Crippen molar-refractivity contribution in [2.45, 2.75) is 38.0 Å². The maximum Gasteiger partial charge on any atom is 0.106 e. The Kier molecular flexibility index (Phi) is 4.05. The first kappa shape index (κ1) is 11.4. The summed E-state index contributed by atoms with van der Waals surface area (Å²) in [5.74, 6) is 1.31. The fraction of sp³-hybridized carbons (Fsp3) is 0.727. The molecule has 0 amide bonds. The van der Waals surface area contributed by atoms with Crippen molar-refractivity contribution < 1.29 is 0 Å². The van der Waals surface area contributed by atoms with Crippen molar-refractivity contribution in [1.82, 2.24) is 10.3 Å². The maximum atomic E-state index is 4.75. The summed E-state index contributed by atoms with van der Waals surface area (Å²) in [5.41, 5.74) is 1.21. The van der Waals surface area contributed by atoms with Crippen LogP contribution in [-0.2, 0) is 0 Å². The van der Waals surface area contributed by atoms with Gasteiger partial charge >= 0.3 is 0 Å². The molecule has 2 unspecified atom stereocenters. The number of hydrogen-bond acceptors (Lipinski definition) is 4. The van der Waals surface area contributed by atoms with Crippen LogP contribution in [0.3, 0.4) is 0 Å². The summed E-state index contributed by atoms with van der Waals surface area (Å²) in [6.07, 6.45) is 2.67. The molecule has 84 valence electrons. The SMILES string of the molecule is CCNC(C)c1csc(C2CCCS2)n1. The predicted molar refractivity (Wildman–Crippen MR) is 68.6 cm³/mol. The minimum atomic E-state index is 0.395. The van der Waals surface area contributed by atoms with Crippen molar-refractivity contribution in [1.29, 1.82) is 0 Å². The molecule has 0 aromatic carbocycles. The highest BCUT2D eigenvalue weighted by molar-refractivity contribution is 7.99. The molecule has 2 rings (SSSR count). The van der Waals surface area contributed by atoms with Crippen LogP contribution in [-0.4, -0.2) is 17.3 Å². The first-order chi connectivity index (χ1) is 7.31. The first-order valence-corrected chi connectivity index (χ1v) is 7.54. The van der Waals surface area contributed by atoms with E-state index in [0.717, 1.165) is 6.54 Å². The van der Waals surface area contributed by atoms with E-state index in [1.807, 2.05) is 11.3 Å². The number of hydrogen-bond donors (Lipinski definition) is 1. The second-order valence-corrected chi connectivity index (χ2v) is 6.09. The molecule has 0 bridgehead atoms. The molecule has 1 fully saturated rings. The molecule has 0 radical (unpaired) electrons. The normalized spacial score (nSPS) is 23.2. The van der Waals surface area contributed by atoms with Crippen LogP contribution in [0.5, 0.6) is 0 Å². The van der Waals surface area contributed by atoms with E-state index >= 15 is 0 Å². The molecule has 0 aliphatic carbocycles. The van der Waals surface area contributed by atoms with Gasteiger partial charge in [0.2, 0.25) is 0 Å². The molecular formula is C11H18N2S2. The summed E-state index contributed by atoms with van der Waals surface area (Å²) in [7, 11) is 0. The molecule has 2 nitrogen and oxygen atoms in total. The molecule has 0 spiro atoms. The predicted octanol–water partition coefficient (Wildman–Crippen LogP) is 3.38. The van der Waals surface area contributed by atoms with Crippen LogP contribution in [0, 0.1) is 0 Å². The smallest absolute Gasteiger partial charge is 0.106 e. The van der Waals surface area contributed by atoms with Gasteiger partial charge in [0.15, 0.2) is 0 Å². The number of nitrogens with zero attached hydrogens (tertiary/aromatic N) is 1. The van der Waals surface area contributed by atoms with Gasteiger partial charge in [0, 0.05) is 11.4 Å². The minimum Gasteiger partial charge on any atom is -0.309 e. The van der Waals surface area contributed by atoms with Gasteiger partial charge in [-0.25, -0.2) is 4.98 Å². The topological polar surface area (TPSA) is 24.9 Å². The van der Waals surface area contributed by atoms with Gasteiger partial charge in [-0.05, 0) is 32.1 Å². The zero-order valence-electron chi connectivity index (χ0n) is 9.32. The summed E-state index contributed by atoms with van der Waals surface area (Å²) in [6, 6.07) is 0.395. The van der Waals surface area contributed by atoms with Crippen molar-refractivity contribution in [3.8, 4) is 0 Å². The van der Waals surface area contributed by atoms with E-state index in [1.165, 1.54) is 29.3 Å². The summed E-state index contributed by atoms with van der Waals surface area (Å²) < 4.78 is 0. The van der Waals surface area contributed by atoms with Crippen LogP contribution in [0.1, 0.15) is 48.7 Å². The highest BCUT2D eigenvalue weighted by atomic mass is 32.2. The van der Waals surface area contributed by atoms with Crippen LogP contribution in [0.2, 0.25) is 0 Å². The van der Waals surface area contributed by atoms with E-state index in [9.17, 15) is 0 Å². The van der Waals surface area contributed by atoms with Crippen molar-refractivity contribution >= 4 is 23.1 Å². The van der Waals surface area contributed by atoms with Crippen LogP contribution >= 0.6 is 23.1 Å². The van der Waals surface area contributed by atoms with Gasteiger partial charge in [-0.3, -0.25) is 0 Å². The lowest BCUT2D eigenvalue weighted by Gasteiger charge is -2.08. The molecule has 1 N–H and O–H groups in total. The van der Waals surface area contributed by atoms with Crippen LogP contribution in [0.4, 0.5) is 0 Å². The Morgan fingerprint density at radius 2 is 2.53 bits per heavy atom. The molecule has 0 saturated carbocycles. The van der Waals surface area contributed by atoms with Crippen molar-refractivity contribution in [2.75, 3.05) is 12.3 Å². The van der Waals surface area contributed by atoms with Crippen molar-refractivity contribution in [3.05, 3.63) is 16.1 Å². The van der Waals surface area contributed by atoms with Gasteiger partial charge in [-0.15, -0.1) is 11.3 Å². The zero-order valence-corrected chi connectivity index (χ0v) is 11.0. The minimum absolute atomic E-state index is 0.395. The molecule has 15 heavy (non-hydrogen) atoms. The third-order valence-corrected chi connectivity index (χ3v) is 5.21. The largest absolute Gasteiger partial charge is 0.309 e. The fourth-order valence-corrected chi connectivity index (χ4v) is 4.27. The molecule has 1 aromatic heterocycles. The van der Waals surface area contributed by atoms with Gasteiger partial charge in [0.25, 0.3) is 0 Å². The highest BCUT2D eigenvalue weighted by Crippen LogP contribution is 2.41. The lowest BCUT2D eigenvalue weighted by atomic mass is 10.2. The third-order valence-electron chi connectivity index (χ3n) is 2.70. The van der Waals surface area contributed by atoms with Crippen molar-refractivity contribution in [2.24, 2.45) is 0 Å². The Bertz CT molecular complexity index is 305. The maximum absolute atomic E-state index is 4.75. The van der Waals surface area contributed by atoms with Crippen LogP contribution < -0.4 is 5.32 Å². The number of thiazole rings is 1. The van der Waals surface area contributed by atoms with E-state index in [0.29, 0.717) is 11.3 Å². The number of rotatable bonds is 4. The fourth-order valence-electron chi connectivity index (χ4n) is 1.83. The highest BCUT2D eigenvalue weighted by Gasteiger charge is 2.21. The lowest BCUT2D eigenvalue weighted by Crippen LogP contribution is -2.17. The second-order valence-electron chi connectivity index (χ2n) is 3.89. The average Bonchev–Trinajstić information content (AvgIpc) is 2.89. The molecule has 1 aliphatic heterocycles. The monoisotopic (exact) mass is 242 g/mol. The Morgan fingerprint density at radius 1 is 1.67 bits per heavy atom. The number of thioether (sulfide) groups is 1. The Labute approximate surface area is 99.9 Å². The van der Waals surface area contributed by atoms with Gasteiger partial charge in [0.1, 0.15) is 5.01 Å². The summed E-state index contributed by atoms with van der Waals surface area (Å²) in [4.78, 5) is 4.75. The van der Waals surface area contributed by atoms with Gasteiger partial charge in [0.05, 0.1) is 10.9 Å². The molecule has 2 atom stereocenters. The third kappa shape index (κ3) is 2.74. The van der Waals surface area contributed by atoms with Crippen LogP contribution in [0.25, 0.3) is 0 Å². The summed E-state index contributed by atoms with van der Waals surface area (Å²) in [6.45, 7) is 5.33. The zero-order chi connectivity index (χ0) is 10.7. The lowest BCUT2D eigenvalue weighted by molar-refractivity contribution is 0.584. The van der Waals surface area contributed by atoms with E-state index in [1.54, 1.807) is 0 Å². The molecule has 2 heterocycles. The molecule has 1 aromatic rings. The molecular weight excluding hydrogens is 224 g/mol. The Morgan fingerprint density at radius 3 is 3.20 bits per heavy atom. The van der Waals surface area contributed by atoms with E-state index < -0.39 is 0 Å². The number of nitrogens with one attached hydrogen (secondary N) is 1. The Hall–Kier alpha value is -0.0600. The standard InChI is InChI=1S/C11H18N2S2/c1-3-12-8(2)9-7-15-11(13-9)10-5-4-6-14-10/h7-8,10,12H,3-6H2,1-2H3. The second kappa shape index (κ2) is 5.32. The van der Waals surface area contributed by atoms with Gasteiger partial charge in [-0.2, -0.15) is 11.8 Å². The number of aromatic nitrogens is 1. The van der Waals surface area contributed by atoms with Gasteiger partial charge < -0.3 is 5.32 Å². The van der Waals surface area contributed by atoms with E-state index in [-0.39, 0.29) is 0 Å². The molecule has 1 aliphatic rings. The van der Waals surface area contributed by atoms with E-state index in [2.05, 4.69) is 36.3 Å². The molecule has 1 saturated heterocycles.